The minimum atomic E-state index is 0. The summed E-state index contributed by atoms with van der Waals surface area (Å²) >= 11 is 0. The van der Waals surface area contributed by atoms with Crippen LogP contribution in [0.15, 0.2) is 145 Å². The Morgan fingerprint density at radius 2 is 0.851 bits per heavy atom. The largest absolute Gasteiger partial charge is 0.306 e. The molecule has 3 aliphatic rings. The van der Waals surface area contributed by atoms with Gasteiger partial charge >= 0.3 is 0 Å². The predicted molar refractivity (Wildman–Crippen MR) is 199 cm³/mol. The summed E-state index contributed by atoms with van der Waals surface area (Å²) in [7, 11) is 1.31. The number of fused-ring (bicyclic) bond motifs is 4. The van der Waals surface area contributed by atoms with E-state index in [1.165, 1.54) is 112 Å². The van der Waals surface area contributed by atoms with Crippen LogP contribution in [0.5, 0.6) is 0 Å². The molecule has 227 valence electrons. The molecule has 0 nitrogen and oxygen atoms in total. The predicted octanol–water partition coefficient (Wildman–Crippen LogP) is 12.1. The maximum atomic E-state index is 2.62. The van der Waals surface area contributed by atoms with Crippen molar-refractivity contribution < 1.29 is 25.8 Å². The SMILES string of the molecule is C1CC[Si]C1.CC1=C(c2cccc3ccccc23)c2ccccc2C1[CH-]C1C(C)=C(c2cccc3ccccc23)c2ccccc21.[Sc]. The molecular formula is C45H39ScSi-. The second kappa shape index (κ2) is 13.9. The quantitative estimate of drug-likeness (QED) is 0.131. The van der Waals surface area contributed by atoms with Crippen LogP contribution in [-0.4, -0.2) is 9.52 Å². The number of rotatable bonds is 4. The van der Waals surface area contributed by atoms with Crippen molar-refractivity contribution in [2.24, 2.45) is 0 Å². The summed E-state index contributed by atoms with van der Waals surface area (Å²) in [5.41, 5.74) is 13.9. The van der Waals surface area contributed by atoms with Crippen LogP contribution in [0.1, 0.15) is 71.9 Å². The van der Waals surface area contributed by atoms with Gasteiger partial charge in [0.25, 0.3) is 0 Å². The Hall–Kier alpha value is -3.59. The number of allylic oxidation sites excluding steroid dienone is 2. The maximum Gasteiger partial charge on any atom is 0.0377 e. The van der Waals surface area contributed by atoms with Crippen LogP contribution < -0.4 is 0 Å². The molecule has 1 saturated heterocycles. The zero-order valence-electron chi connectivity index (χ0n) is 27.3. The van der Waals surface area contributed by atoms with Crippen LogP contribution in [0.3, 0.4) is 0 Å². The van der Waals surface area contributed by atoms with E-state index < -0.39 is 0 Å². The molecule has 3 radical (unpaired) electrons. The Bertz CT molecular complexity index is 1980. The molecule has 6 aromatic carbocycles. The molecule has 1 aliphatic heterocycles. The van der Waals surface area contributed by atoms with Crippen molar-refractivity contribution in [1.29, 1.82) is 0 Å². The minimum absolute atomic E-state index is 0. The van der Waals surface area contributed by atoms with E-state index in [4.69, 9.17) is 0 Å². The van der Waals surface area contributed by atoms with Crippen LogP contribution in [-0.2, 0) is 25.8 Å². The summed E-state index contributed by atoms with van der Waals surface area (Å²) in [6.07, 6.45) is 5.65. The molecule has 2 atom stereocenters. The molecule has 0 N–H and O–H groups in total. The summed E-state index contributed by atoms with van der Waals surface area (Å²) in [6, 6.07) is 52.1. The van der Waals surface area contributed by atoms with Gasteiger partial charge in [-0.05, 0) is 68.8 Å². The second-order valence-corrected chi connectivity index (χ2v) is 14.4. The molecule has 2 aliphatic carbocycles. The molecule has 0 spiro atoms. The van der Waals surface area contributed by atoms with Gasteiger partial charge in [-0.15, -0.1) is 11.8 Å². The van der Waals surface area contributed by atoms with E-state index in [0.29, 0.717) is 0 Å². The minimum Gasteiger partial charge on any atom is -0.306 e. The standard InChI is InChI=1S/C41H31.C4H8Si.Sc/c1-26-38(32-19-7-9-21-36(32)40(26)34-23-11-15-28-13-3-5-17-30(28)34)25-39-27(2)41(37-22-10-8-20-33(37)39)35-24-12-16-29-14-4-6-18-31(29)35;1-2-4-5-3-1;/h3-25,38-39H,1-2H3;1-4H2;/q-1;;. The summed E-state index contributed by atoms with van der Waals surface area (Å²) in [5.74, 6) is 0.500. The molecule has 0 aromatic heterocycles. The molecule has 0 saturated carbocycles. The van der Waals surface area contributed by atoms with E-state index in [2.05, 4.69) is 154 Å². The first-order valence-electron chi connectivity index (χ1n) is 16.8. The van der Waals surface area contributed by atoms with Crippen LogP contribution >= 0.6 is 0 Å². The Morgan fingerprint density at radius 1 is 0.468 bits per heavy atom. The number of hydrogen-bond acceptors (Lipinski definition) is 0. The van der Waals surface area contributed by atoms with E-state index in [-0.39, 0.29) is 37.7 Å². The average Bonchev–Trinajstić information content (AvgIpc) is 3.84. The molecule has 6 aromatic rings. The summed E-state index contributed by atoms with van der Waals surface area (Å²) in [4.78, 5) is 0. The monoisotopic (exact) mass is 652 g/mol. The maximum absolute atomic E-state index is 2.62. The smallest absolute Gasteiger partial charge is 0.0377 e. The molecule has 0 amide bonds. The first-order chi connectivity index (χ1) is 22.7. The van der Waals surface area contributed by atoms with Crippen molar-refractivity contribution in [1.82, 2.24) is 0 Å². The van der Waals surface area contributed by atoms with Gasteiger partial charge in [-0.25, -0.2) is 0 Å². The summed E-state index contributed by atoms with van der Waals surface area (Å²) in [5, 5.41) is 5.22. The van der Waals surface area contributed by atoms with E-state index in [1.807, 2.05) is 0 Å². The molecule has 1 fully saturated rings. The zero-order valence-corrected chi connectivity index (χ0v) is 30.1. The average molecular weight is 653 g/mol. The van der Waals surface area contributed by atoms with Gasteiger partial charge in [0.15, 0.2) is 0 Å². The topological polar surface area (TPSA) is 0 Å². The third-order valence-corrected chi connectivity index (χ3v) is 11.7. The Labute approximate surface area is 301 Å². The second-order valence-electron chi connectivity index (χ2n) is 12.9. The van der Waals surface area contributed by atoms with Crippen molar-refractivity contribution >= 4 is 42.2 Å². The normalized spacial score (nSPS) is 18.2. The van der Waals surface area contributed by atoms with Crippen LogP contribution in [0.4, 0.5) is 0 Å². The molecule has 2 heteroatoms. The van der Waals surface area contributed by atoms with Gasteiger partial charge in [0.1, 0.15) is 0 Å². The third-order valence-electron chi connectivity index (χ3n) is 10.3. The van der Waals surface area contributed by atoms with Crippen LogP contribution in [0.2, 0.25) is 12.1 Å². The molecule has 9 rings (SSSR count). The van der Waals surface area contributed by atoms with Crippen LogP contribution in [0.25, 0.3) is 32.7 Å². The molecule has 2 unspecified atom stereocenters. The Morgan fingerprint density at radius 3 is 1.30 bits per heavy atom. The van der Waals surface area contributed by atoms with Crippen molar-refractivity contribution in [3.8, 4) is 0 Å². The molecule has 1 heterocycles. The van der Waals surface area contributed by atoms with Gasteiger partial charge in [0, 0.05) is 35.4 Å². The zero-order chi connectivity index (χ0) is 31.0. The van der Waals surface area contributed by atoms with Crippen LogP contribution in [0, 0.1) is 6.42 Å². The van der Waals surface area contributed by atoms with Crippen molar-refractivity contribution in [2.75, 3.05) is 0 Å². The summed E-state index contributed by atoms with van der Waals surface area (Å²) in [6.45, 7) is 4.70. The third kappa shape index (κ3) is 5.78. The van der Waals surface area contributed by atoms with E-state index in [1.54, 1.807) is 0 Å². The summed E-state index contributed by atoms with van der Waals surface area (Å²) < 4.78 is 0. The van der Waals surface area contributed by atoms with Crippen molar-refractivity contribution in [3.63, 3.8) is 0 Å². The first kappa shape index (κ1) is 32.0. The fourth-order valence-corrected chi connectivity index (χ4v) is 9.36. The van der Waals surface area contributed by atoms with E-state index in [9.17, 15) is 0 Å². The van der Waals surface area contributed by atoms with Gasteiger partial charge in [0.2, 0.25) is 0 Å². The Balaban J connectivity index is 0.000000538. The van der Waals surface area contributed by atoms with Crippen molar-refractivity contribution in [3.05, 3.63) is 184 Å². The Kier molecular flexibility index (Phi) is 9.44. The fraction of sp³-hybridized carbons (Fsp3) is 0.178. The van der Waals surface area contributed by atoms with Gasteiger partial charge in [-0.2, -0.15) is 0 Å². The van der Waals surface area contributed by atoms with Gasteiger partial charge < -0.3 is 6.42 Å². The molecule has 0 bridgehead atoms. The fourth-order valence-electron chi connectivity index (χ4n) is 8.11. The van der Waals surface area contributed by atoms with E-state index >= 15 is 0 Å². The van der Waals surface area contributed by atoms with Gasteiger partial charge in [-0.3, -0.25) is 0 Å². The molecule has 47 heavy (non-hydrogen) atoms. The van der Waals surface area contributed by atoms with Gasteiger partial charge in [0.05, 0.1) is 0 Å². The van der Waals surface area contributed by atoms with Gasteiger partial charge in [-0.1, -0.05) is 181 Å². The van der Waals surface area contributed by atoms with E-state index in [0.717, 1.165) is 0 Å². The number of benzene rings is 6. The first-order valence-corrected chi connectivity index (χ1v) is 18.2. The number of hydrogen-bond donors (Lipinski definition) is 0. The molecular weight excluding hydrogens is 614 g/mol. The van der Waals surface area contributed by atoms with Crippen molar-refractivity contribution in [2.45, 2.75) is 50.6 Å².